The number of aryl methyl sites for hydroxylation is 1. The van der Waals surface area contributed by atoms with E-state index in [1.807, 2.05) is 31.2 Å². The van der Waals surface area contributed by atoms with Gasteiger partial charge in [0.15, 0.2) is 5.43 Å². The highest BCUT2D eigenvalue weighted by Gasteiger charge is 2.15. The van der Waals surface area contributed by atoms with Crippen molar-refractivity contribution in [1.29, 1.82) is 0 Å². The standard InChI is InChI=1S/C19H14O4/c1-11-10-22-16-8-7-12-14(20)9-17(23-19(12)18(11)16)13-5-3-4-6-15(13)21-2/h3-10H,1-2H3. The fraction of sp³-hybridized carbons (Fsp3) is 0.105. The van der Waals surface area contributed by atoms with Gasteiger partial charge in [0.25, 0.3) is 0 Å². The molecular formula is C19H14O4. The molecule has 0 saturated heterocycles. The molecule has 0 saturated carbocycles. The van der Waals surface area contributed by atoms with E-state index in [1.54, 1.807) is 25.5 Å². The number of para-hydroxylation sites is 1. The third kappa shape index (κ3) is 2.03. The van der Waals surface area contributed by atoms with Crippen LogP contribution in [0.25, 0.3) is 33.3 Å². The molecule has 0 spiro atoms. The molecule has 0 atom stereocenters. The van der Waals surface area contributed by atoms with Gasteiger partial charge in [-0.2, -0.15) is 0 Å². The Bertz CT molecular complexity index is 1090. The van der Waals surface area contributed by atoms with E-state index in [0.29, 0.717) is 28.1 Å². The van der Waals surface area contributed by atoms with Gasteiger partial charge in [0, 0.05) is 6.07 Å². The van der Waals surface area contributed by atoms with Crippen molar-refractivity contribution in [2.24, 2.45) is 0 Å². The zero-order valence-corrected chi connectivity index (χ0v) is 12.8. The first kappa shape index (κ1) is 13.6. The number of benzene rings is 2. The van der Waals surface area contributed by atoms with E-state index in [1.165, 1.54) is 6.07 Å². The Kier molecular flexibility index (Phi) is 2.98. The minimum Gasteiger partial charge on any atom is -0.496 e. The minimum absolute atomic E-state index is 0.0883. The second-order valence-corrected chi connectivity index (χ2v) is 5.41. The molecule has 4 heteroatoms. The number of hydrogen-bond acceptors (Lipinski definition) is 4. The van der Waals surface area contributed by atoms with Crippen molar-refractivity contribution in [3.63, 3.8) is 0 Å². The number of rotatable bonds is 2. The third-order valence-corrected chi connectivity index (χ3v) is 3.99. The molecule has 23 heavy (non-hydrogen) atoms. The number of hydrogen-bond donors (Lipinski definition) is 0. The molecular weight excluding hydrogens is 292 g/mol. The summed E-state index contributed by atoms with van der Waals surface area (Å²) in [5.74, 6) is 1.14. The Morgan fingerprint density at radius 1 is 1.09 bits per heavy atom. The van der Waals surface area contributed by atoms with Gasteiger partial charge in [-0.25, -0.2) is 0 Å². The van der Waals surface area contributed by atoms with E-state index < -0.39 is 0 Å². The van der Waals surface area contributed by atoms with Crippen LogP contribution in [0, 0.1) is 6.92 Å². The maximum atomic E-state index is 12.5. The zero-order chi connectivity index (χ0) is 16.0. The van der Waals surface area contributed by atoms with Crippen molar-refractivity contribution in [3.05, 3.63) is 64.5 Å². The van der Waals surface area contributed by atoms with Crippen LogP contribution in [0.15, 0.2) is 62.4 Å². The van der Waals surface area contributed by atoms with Crippen molar-refractivity contribution in [3.8, 4) is 17.1 Å². The van der Waals surface area contributed by atoms with E-state index in [2.05, 4.69) is 0 Å². The Morgan fingerprint density at radius 3 is 2.74 bits per heavy atom. The molecule has 0 radical (unpaired) electrons. The fourth-order valence-corrected chi connectivity index (χ4v) is 2.86. The number of ether oxygens (including phenoxy) is 1. The summed E-state index contributed by atoms with van der Waals surface area (Å²) in [6.07, 6.45) is 1.67. The van der Waals surface area contributed by atoms with Crippen LogP contribution in [-0.2, 0) is 0 Å². The molecule has 0 aliphatic carbocycles. The quantitative estimate of drug-likeness (QED) is 0.546. The summed E-state index contributed by atoms with van der Waals surface area (Å²) in [7, 11) is 1.59. The van der Waals surface area contributed by atoms with Gasteiger partial charge in [0.05, 0.1) is 29.7 Å². The molecule has 0 amide bonds. The highest BCUT2D eigenvalue weighted by molar-refractivity contribution is 6.04. The summed E-state index contributed by atoms with van der Waals surface area (Å²) >= 11 is 0. The van der Waals surface area contributed by atoms with Crippen LogP contribution in [0.3, 0.4) is 0 Å². The lowest BCUT2D eigenvalue weighted by Crippen LogP contribution is -2.01. The summed E-state index contributed by atoms with van der Waals surface area (Å²) in [5.41, 5.74) is 2.84. The summed E-state index contributed by atoms with van der Waals surface area (Å²) in [6, 6.07) is 12.5. The molecule has 0 unspecified atom stereocenters. The van der Waals surface area contributed by atoms with Crippen LogP contribution in [0.1, 0.15) is 5.56 Å². The first-order valence-electron chi connectivity index (χ1n) is 7.27. The topological polar surface area (TPSA) is 52.6 Å². The van der Waals surface area contributed by atoms with E-state index in [4.69, 9.17) is 13.6 Å². The van der Waals surface area contributed by atoms with Crippen molar-refractivity contribution in [2.45, 2.75) is 6.92 Å². The lowest BCUT2D eigenvalue weighted by Gasteiger charge is -2.08. The molecule has 114 valence electrons. The van der Waals surface area contributed by atoms with Gasteiger partial charge in [-0.1, -0.05) is 12.1 Å². The van der Waals surface area contributed by atoms with Crippen LogP contribution in [0.2, 0.25) is 0 Å². The average Bonchev–Trinajstić information content (AvgIpc) is 2.96. The molecule has 2 heterocycles. The minimum atomic E-state index is -0.0883. The van der Waals surface area contributed by atoms with Gasteiger partial charge in [-0.15, -0.1) is 0 Å². The summed E-state index contributed by atoms with van der Waals surface area (Å²) in [6.45, 7) is 1.93. The Hall–Kier alpha value is -3.01. The molecule has 0 bridgehead atoms. The van der Waals surface area contributed by atoms with E-state index in [0.717, 1.165) is 16.5 Å². The van der Waals surface area contributed by atoms with Gasteiger partial charge >= 0.3 is 0 Å². The fourth-order valence-electron chi connectivity index (χ4n) is 2.86. The number of fused-ring (bicyclic) bond motifs is 3. The van der Waals surface area contributed by atoms with Crippen LogP contribution < -0.4 is 10.2 Å². The average molecular weight is 306 g/mol. The van der Waals surface area contributed by atoms with Gasteiger partial charge in [0.1, 0.15) is 22.7 Å². The van der Waals surface area contributed by atoms with Gasteiger partial charge < -0.3 is 13.6 Å². The normalized spacial score (nSPS) is 11.2. The molecule has 4 rings (SSSR count). The van der Waals surface area contributed by atoms with Crippen LogP contribution in [0.5, 0.6) is 5.75 Å². The molecule has 0 N–H and O–H groups in total. The largest absolute Gasteiger partial charge is 0.496 e. The predicted octanol–water partition coefficient (Wildman–Crippen LogP) is 4.52. The molecule has 0 aliphatic heterocycles. The molecule has 4 nitrogen and oxygen atoms in total. The van der Waals surface area contributed by atoms with Gasteiger partial charge in [0.2, 0.25) is 0 Å². The maximum absolute atomic E-state index is 12.5. The molecule has 2 aromatic heterocycles. The summed E-state index contributed by atoms with van der Waals surface area (Å²) in [4.78, 5) is 12.5. The second-order valence-electron chi connectivity index (χ2n) is 5.41. The van der Waals surface area contributed by atoms with Crippen molar-refractivity contribution < 1.29 is 13.6 Å². The SMILES string of the molecule is COc1ccccc1-c1cc(=O)c2ccc3occ(C)c3c2o1. The van der Waals surface area contributed by atoms with E-state index in [-0.39, 0.29) is 5.43 Å². The number of methoxy groups -OCH3 is 1. The van der Waals surface area contributed by atoms with Crippen molar-refractivity contribution >= 4 is 21.9 Å². The lowest BCUT2D eigenvalue weighted by molar-refractivity contribution is 0.415. The smallest absolute Gasteiger partial charge is 0.193 e. The third-order valence-electron chi connectivity index (χ3n) is 3.99. The van der Waals surface area contributed by atoms with Crippen molar-refractivity contribution in [1.82, 2.24) is 0 Å². The van der Waals surface area contributed by atoms with E-state index in [9.17, 15) is 4.79 Å². The molecule has 0 fully saturated rings. The summed E-state index contributed by atoms with van der Waals surface area (Å²) < 4.78 is 17.0. The first-order chi connectivity index (χ1) is 11.2. The van der Waals surface area contributed by atoms with Gasteiger partial charge in [-0.05, 0) is 36.8 Å². The maximum Gasteiger partial charge on any atom is 0.193 e. The Labute approximate surface area is 131 Å². The van der Waals surface area contributed by atoms with Crippen LogP contribution in [-0.4, -0.2) is 7.11 Å². The number of furan rings is 1. The highest BCUT2D eigenvalue weighted by atomic mass is 16.5. The molecule has 2 aromatic carbocycles. The predicted molar refractivity (Wildman–Crippen MR) is 89.0 cm³/mol. The monoisotopic (exact) mass is 306 g/mol. The summed E-state index contributed by atoms with van der Waals surface area (Å²) in [5, 5.41) is 1.37. The Morgan fingerprint density at radius 2 is 1.91 bits per heavy atom. The van der Waals surface area contributed by atoms with Crippen LogP contribution in [0.4, 0.5) is 0 Å². The molecule has 4 aromatic rings. The van der Waals surface area contributed by atoms with Crippen molar-refractivity contribution in [2.75, 3.05) is 7.11 Å². The Balaban J connectivity index is 2.12. The lowest BCUT2D eigenvalue weighted by atomic mass is 10.1. The van der Waals surface area contributed by atoms with E-state index >= 15 is 0 Å². The van der Waals surface area contributed by atoms with Gasteiger partial charge in [-0.3, -0.25) is 4.79 Å². The zero-order valence-electron chi connectivity index (χ0n) is 12.8. The second kappa shape index (κ2) is 5.02. The first-order valence-corrected chi connectivity index (χ1v) is 7.27. The highest BCUT2D eigenvalue weighted by Crippen LogP contribution is 2.34. The van der Waals surface area contributed by atoms with Crippen LogP contribution >= 0.6 is 0 Å². The molecule has 0 aliphatic rings.